The number of amides is 1. The molecule has 0 spiro atoms. The number of aliphatic hydroxyl groups is 1. The van der Waals surface area contributed by atoms with Crippen molar-refractivity contribution in [3.05, 3.63) is 0 Å². The van der Waals surface area contributed by atoms with Crippen LogP contribution in [0, 0.1) is 0 Å². The summed E-state index contributed by atoms with van der Waals surface area (Å²) >= 11 is 0. The number of nitrogens with one attached hydrogen (secondary N) is 1. The summed E-state index contributed by atoms with van der Waals surface area (Å²) in [5.41, 5.74) is 0. The molecule has 1 fully saturated rings. The van der Waals surface area contributed by atoms with Gasteiger partial charge in [0.1, 0.15) is 6.10 Å². The smallest absolute Gasteiger partial charge is 0.328 e. The summed E-state index contributed by atoms with van der Waals surface area (Å²) in [5.74, 6) is -1.72. The summed E-state index contributed by atoms with van der Waals surface area (Å²) in [6.07, 6.45) is -0.318. The van der Waals surface area contributed by atoms with Gasteiger partial charge in [0.05, 0.1) is 6.10 Å². The van der Waals surface area contributed by atoms with E-state index in [1.165, 1.54) is 6.92 Å². The highest BCUT2D eigenvalue weighted by molar-refractivity contribution is 5.86. The van der Waals surface area contributed by atoms with Crippen LogP contribution in [0.25, 0.3) is 0 Å². The highest BCUT2D eigenvalue weighted by Gasteiger charge is 2.30. The van der Waals surface area contributed by atoms with Gasteiger partial charge >= 0.3 is 5.97 Å². The third-order valence-corrected chi connectivity index (χ3v) is 2.27. The fourth-order valence-electron chi connectivity index (χ4n) is 1.42. The first-order valence-corrected chi connectivity index (χ1v) is 4.85. The molecule has 0 aromatic carbocycles. The fraction of sp³-hybridized carbons (Fsp3) is 0.778. The second-order valence-corrected chi connectivity index (χ2v) is 3.57. The Hall–Kier alpha value is -1.14. The first-order chi connectivity index (χ1) is 7.02. The van der Waals surface area contributed by atoms with Crippen molar-refractivity contribution in [1.29, 1.82) is 0 Å². The van der Waals surface area contributed by atoms with Crippen molar-refractivity contribution < 1.29 is 24.5 Å². The van der Waals surface area contributed by atoms with Gasteiger partial charge < -0.3 is 20.3 Å². The van der Waals surface area contributed by atoms with E-state index in [4.69, 9.17) is 14.9 Å². The Morgan fingerprint density at radius 3 is 2.60 bits per heavy atom. The normalized spacial score (nSPS) is 24.5. The molecule has 0 aromatic heterocycles. The number of hydrogen-bond donors (Lipinski definition) is 3. The number of carboxylic acid groups (broad SMARTS) is 1. The summed E-state index contributed by atoms with van der Waals surface area (Å²) in [6.45, 7) is 1.83. The lowest BCUT2D eigenvalue weighted by atomic mass is 10.1. The van der Waals surface area contributed by atoms with Crippen molar-refractivity contribution in [2.24, 2.45) is 0 Å². The minimum absolute atomic E-state index is 0.471. The van der Waals surface area contributed by atoms with Crippen LogP contribution in [0.2, 0.25) is 0 Å². The van der Waals surface area contributed by atoms with Crippen molar-refractivity contribution in [3.63, 3.8) is 0 Å². The highest BCUT2D eigenvalue weighted by atomic mass is 16.5. The molecule has 0 aliphatic carbocycles. The van der Waals surface area contributed by atoms with Gasteiger partial charge in [-0.1, -0.05) is 0 Å². The molecule has 1 heterocycles. The molecule has 1 aliphatic rings. The highest BCUT2D eigenvalue weighted by Crippen LogP contribution is 2.12. The summed E-state index contributed by atoms with van der Waals surface area (Å²) in [6, 6.07) is -1.28. The molecule has 86 valence electrons. The summed E-state index contributed by atoms with van der Waals surface area (Å²) in [5, 5.41) is 20.1. The molecule has 6 nitrogen and oxygen atoms in total. The average Bonchev–Trinajstić information content (AvgIpc) is 2.65. The Balaban J connectivity index is 2.50. The summed E-state index contributed by atoms with van der Waals surface area (Å²) in [7, 11) is 0. The van der Waals surface area contributed by atoms with E-state index >= 15 is 0 Å². The Bertz CT molecular complexity index is 247. The predicted octanol–water partition coefficient (Wildman–Crippen LogP) is -0.884. The topological polar surface area (TPSA) is 95.9 Å². The molecule has 0 bridgehead atoms. The second kappa shape index (κ2) is 5.09. The van der Waals surface area contributed by atoms with E-state index in [9.17, 15) is 9.59 Å². The summed E-state index contributed by atoms with van der Waals surface area (Å²) in [4.78, 5) is 22.1. The molecule has 6 heteroatoms. The first kappa shape index (κ1) is 11.9. The lowest BCUT2D eigenvalue weighted by molar-refractivity contribution is -0.146. The number of rotatable bonds is 4. The molecular weight excluding hydrogens is 202 g/mol. The number of ether oxygens (including phenoxy) is 1. The van der Waals surface area contributed by atoms with E-state index in [2.05, 4.69) is 5.32 Å². The number of carbonyl (C=O) groups excluding carboxylic acids is 1. The number of carboxylic acids is 1. The average molecular weight is 217 g/mol. The van der Waals surface area contributed by atoms with Crippen LogP contribution in [0.15, 0.2) is 0 Å². The van der Waals surface area contributed by atoms with Crippen LogP contribution < -0.4 is 5.32 Å². The van der Waals surface area contributed by atoms with Gasteiger partial charge in [-0.05, 0) is 19.8 Å². The SMILES string of the molecule is CC(O)C(NC(=O)[C@H]1CCCO1)C(=O)O. The molecule has 0 saturated carbocycles. The quantitative estimate of drug-likeness (QED) is 0.568. The predicted molar refractivity (Wildman–Crippen MR) is 50.2 cm³/mol. The van der Waals surface area contributed by atoms with Crippen LogP contribution in [0.5, 0.6) is 0 Å². The monoisotopic (exact) mass is 217 g/mol. The van der Waals surface area contributed by atoms with Crippen LogP contribution >= 0.6 is 0 Å². The molecule has 1 amide bonds. The molecule has 3 atom stereocenters. The first-order valence-electron chi connectivity index (χ1n) is 4.85. The van der Waals surface area contributed by atoms with Crippen LogP contribution in [0.4, 0.5) is 0 Å². The third kappa shape index (κ3) is 3.17. The maximum absolute atomic E-state index is 11.5. The van der Waals surface area contributed by atoms with Crippen LogP contribution in [0.1, 0.15) is 19.8 Å². The molecule has 1 rings (SSSR count). The molecule has 1 saturated heterocycles. The van der Waals surface area contributed by atoms with E-state index in [1.807, 2.05) is 0 Å². The van der Waals surface area contributed by atoms with Crippen LogP contribution in [-0.2, 0) is 14.3 Å². The standard InChI is InChI=1S/C9H15NO5/c1-5(11)7(9(13)14)10-8(12)6-3-2-4-15-6/h5-7,11H,2-4H2,1H3,(H,10,12)(H,13,14)/t5?,6-,7?/m1/s1. The Labute approximate surface area is 87.2 Å². The Morgan fingerprint density at radius 1 is 1.53 bits per heavy atom. The number of carbonyl (C=O) groups is 2. The maximum atomic E-state index is 11.5. The molecule has 0 radical (unpaired) electrons. The van der Waals surface area contributed by atoms with Crippen molar-refractivity contribution in [2.75, 3.05) is 6.61 Å². The molecule has 3 N–H and O–H groups in total. The zero-order valence-electron chi connectivity index (χ0n) is 8.47. The van der Waals surface area contributed by atoms with Crippen LogP contribution in [-0.4, -0.2) is 46.9 Å². The Kier molecular flexibility index (Phi) is 4.05. The van der Waals surface area contributed by atoms with Crippen molar-refractivity contribution in [3.8, 4) is 0 Å². The minimum Gasteiger partial charge on any atom is -0.480 e. The molecule has 15 heavy (non-hydrogen) atoms. The second-order valence-electron chi connectivity index (χ2n) is 3.57. The lowest BCUT2D eigenvalue weighted by Gasteiger charge is -2.19. The maximum Gasteiger partial charge on any atom is 0.328 e. The lowest BCUT2D eigenvalue weighted by Crippen LogP contribution is -2.50. The van der Waals surface area contributed by atoms with Gasteiger partial charge in [0, 0.05) is 6.61 Å². The van der Waals surface area contributed by atoms with Crippen LogP contribution in [0.3, 0.4) is 0 Å². The van der Waals surface area contributed by atoms with Gasteiger partial charge in [-0.3, -0.25) is 4.79 Å². The van der Waals surface area contributed by atoms with Gasteiger partial charge in [-0.15, -0.1) is 0 Å². The molecule has 2 unspecified atom stereocenters. The Morgan fingerprint density at radius 2 is 2.20 bits per heavy atom. The zero-order chi connectivity index (χ0) is 11.4. The minimum atomic E-state index is -1.28. The van der Waals surface area contributed by atoms with E-state index in [-0.39, 0.29) is 0 Å². The van der Waals surface area contributed by atoms with Gasteiger partial charge in [0.25, 0.3) is 0 Å². The van der Waals surface area contributed by atoms with E-state index in [0.717, 1.165) is 6.42 Å². The molecular formula is C9H15NO5. The fourth-order valence-corrected chi connectivity index (χ4v) is 1.42. The molecule has 1 aliphatic heterocycles. The van der Waals surface area contributed by atoms with Gasteiger partial charge in [0.2, 0.25) is 5.91 Å². The largest absolute Gasteiger partial charge is 0.480 e. The van der Waals surface area contributed by atoms with Gasteiger partial charge in [-0.25, -0.2) is 4.79 Å². The van der Waals surface area contributed by atoms with Crippen molar-refractivity contribution in [1.82, 2.24) is 5.32 Å². The van der Waals surface area contributed by atoms with Gasteiger partial charge in [-0.2, -0.15) is 0 Å². The third-order valence-electron chi connectivity index (χ3n) is 2.27. The van der Waals surface area contributed by atoms with E-state index in [1.54, 1.807) is 0 Å². The molecule has 0 aromatic rings. The van der Waals surface area contributed by atoms with E-state index in [0.29, 0.717) is 13.0 Å². The number of aliphatic carboxylic acids is 1. The zero-order valence-corrected chi connectivity index (χ0v) is 8.47. The number of hydrogen-bond acceptors (Lipinski definition) is 4. The van der Waals surface area contributed by atoms with E-state index < -0.39 is 30.1 Å². The van der Waals surface area contributed by atoms with Crippen molar-refractivity contribution in [2.45, 2.75) is 38.0 Å². The summed E-state index contributed by atoms with van der Waals surface area (Å²) < 4.78 is 5.09. The van der Waals surface area contributed by atoms with Crippen molar-refractivity contribution >= 4 is 11.9 Å². The number of aliphatic hydroxyl groups excluding tert-OH is 1. The van der Waals surface area contributed by atoms with Gasteiger partial charge in [0.15, 0.2) is 6.04 Å².